The zero-order chi connectivity index (χ0) is 45.9. The van der Waals surface area contributed by atoms with Gasteiger partial charge < -0.3 is 13.4 Å². The van der Waals surface area contributed by atoms with E-state index in [1.807, 2.05) is 23.5 Å². The molecule has 0 saturated carbocycles. The highest BCUT2D eigenvalue weighted by molar-refractivity contribution is 7.26. The summed E-state index contributed by atoms with van der Waals surface area (Å²) >= 11 is 1.87. The van der Waals surface area contributed by atoms with Crippen molar-refractivity contribution in [1.29, 1.82) is 0 Å². The molecule has 15 rings (SSSR count). The van der Waals surface area contributed by atoms with E-state index in [1.165, 1.54) is 58.8 Å². The molecule has 0 fully saturated rings. The molecule has 0 N–H and O–H groups in total. The summed E-state index contributed by atoms with van der Waals surface area (Å²) in [5, 5.41) is 9.34. The molecule has 0 bridgehead atoms. The number of aromatic nitrogens is 2. The molecule has 0 spiro atoms. The van der Waals surface area contributed by atoms with Crippen LogP contribution in [0.5, 0.6) is 0 Å². The second kappa shape index (κ2) is 15.2. The monoisotopic (exact) mass is 910 g/mol. The first kappa shape index (κ1) is 39.0. The van der Waals surface area contributed by atoms with Crippen LogP contribution in [0.15, 0.2) is 239 Å². The number of hydrogen-bond acceptors (Lipinski definition) is 4. The highest BCUT2D eigenvalue weighted by Crippen LogP contribution is 2.45. The topological polar surface area (TPSA) is 44.1 Å². The summed E-state index contributed by atoms with van der Waals surface area (Å²) in [5.74, 6) is 0. The van der Waals surface area contributed by atoms with Gasteiger partial charge in [0, 0.05) is 69.3 Å². The third-order valence-corrected chi connectivity index (χ3v) is 15.4. The number of rotatable bonds is 6. The van der Waals surface area contributed by atoms with Gasteiger partial charge in [0.25, 0.3) is 0 Å². The largest absolute Gasteiger partial charge is 0.456 e. The van der Waals surface area contributed by atoms with E-state index in [1.54, 1.807) is 0 Å². The summed E-state index contributed by atoms with van der Waals surface area (Å²) in [4.78, 5) is 5.42. The average molecular weight is 911 g/mol. The van der Waals surface area contributed by atoms with Crippen LogP contribution in [0.1, 0.15) is 0 Å². The second-order valence-corrected chi connectivity index (χ2v) is 19.3. The van der Waals surface area contributed by atoms with Crippen LogP contribution < -0.4 is 0 Å². The van der Waals surface area contributed by atoms with Crippen molar-refractivity contribution in [3.63, 3.8) is 0 Å². The van der Waals surface area contributed by atoms with Gasteiger partial charge in [-0.1, -0.05) is 140 Å². The summed E-state index contributed by atoms with van der Waals surface area (Å²) in [6.45, 7) is 0. The minimum Gasteiger partial charge on any atom is -0.456 e. The maximum atomic E-state index is 6.62. The van der Waals surface area contributed by atoms with Crippen LogP contribution in [0.25, 0.3) is 147 Å². The van der Waals surface area contributed by atoms with Crippen LogP contribution in [-0.4, -0.2) is 9.55 Å². The van der Waals surface area contributed by atoms with Crippen molar-refractivity contribution in [2.24, 2.45) is 0 Å². The van der Waals surface area contributed by atoms with E-state index in [4.69, 9.17) is 13.8 Å². The molecular weight excluding hydrogens is 873 g/mol. The number of thiophene rings is 1. The maximum absolute atomic E-state index is 6.62. The Morgan fingerprint density at radius 2 is 0.957 bits per heavy atom. The van der Waals surface area contributed by atoms with Crippen molar-refractivity contribution < 1.29 is 8.83 Å². The molecule has 0 aliphatic carbocycles. The van der Waals surface area contributed by atoms with E-state index in [-0.39, 0.29) is 0 Å². The molecule has 0 aliphatic rings. The van der Waals surface area contributed by atoms with E-state index in [9.17, 15) is 0 Å². The lowest BCUT2D eigenvalue weighted by atomic mass is 9.96. The molecule has 5 heterocycles. The van der Waals surface area contributed by atoms with Crippen molar-refractivity contribution in [2.75, 3.05) is 0 Å². The fourth-order valence-corrected chi connectivity index (χ4v) is 12.1. The molecule has 326 valence electrons. The van der Waals surface area contributed by atoms with E-state index >= 15 is 0 Å². The lowest BCUT2D eigenvalue weighted by Gasteiger charge is -2.11. The number of para-hydroxylation sites is 3. The minimum absolute atomic E-state index is 0.830. The molecule has 4 nitrogen and oxygen atoms in total. The van der Waals surface area contributed by atoms with Gasteiger partial charge in [-0.2, -0.15) is 0 Å². The van der Waals surface area contributed by atoms with Gasteiger partial charge >= 0.3 is 0 Å². The normalized spacial score (nSPS) is 12.0. The standard InChI is InChI=1S/C65H38N2O2S/c1-3-13-39(14-4-1)44-36-55(43-25-29-49-48-18-8-10-23-59(48)69-62(49)38-43)66-56(37-44)51-21-12-24-61-64(51)54-34-40(27-31-60(54)68-61)41-28-32-63-53(33-41)50-20-11-19-46(65(50)70-63)42-26-30-58-52(35-42)47-17-7-9-22-57(47)67(58)45-15-5-2-6-16-45/h1-38H. The average Bonchev–Trinajstić information content (AvgIpc) is 4.19. The summed E-state index contributed by atoms with van der Waals surface area (Å²) < 4.78 is 17.9. The lowest BCUT2D eigenvalue weighted by molar-refractivity contribution is 0.668. The Kier molecular flexibility index (Phi) is 8.49. The van der Waals surface area contributed by atoms with Gasteiger partial charge in [-0.25, -0.2) is 4.98 Å². The van der Waals surface area contributed by atoms with Gasteiger partial charge in [0.15, 0.2) is 0 Å². The number of hydrogen-bond donors (Lipinski definition) is 0. The van der Waals surface area contributed by atoms with Gasteiger partial charge in [0.05, 0.1) is 22.4 Å². The number of nitrogens with zero attached hydrogens (tertiary/aromatic N) is 2. The first-order chi connectivity index (χ1) is 34.7. The molecule has 0 saturated heterocycles. The quantitative estimate of drug-likeness (QED) is 0.167. The Morgan fingerprint density at radius 3 is 1.86 bits per heavy atom. The molecule has 70 heavy (non-hydrogen) atoms. The zero-order valence-electron chi connectivity index (χ0n) is 37.6. The number of benzene rings is 10. The third kappa shape index (κ3) is 6.05. The number of pyridine rings is 1. The van der Waals surface area contributed by atoms with Gasteiger partial charge in [-0.05, 0) is 124 Å². The van der Waals surface area contributed by atoms with Crippen LogP contribution in [0.3, 0.4) is 0 Å². The molecule has 0 amide bonds. The van der Waals surface area contributed by atoms with Gasteiger partial charge in [0.1, 0.15) is 22.3 Å². The molecular formula is C65H38N2O2S. The van der Waals surface area contributed by atoms with E-state index in [0.717, 1.165) is 88.6 Å². The summed E-state index contributed by atoms with van der Waals surface area (Å²) in [6, 6.07) is 82.6. The molecule has 0 aliphatic heterocycles. The minimum atomic E-state index is 0.830. The molecule has 5 aromatic heterocycles. The van der Waals surface area contributed by atoms with Crippen molar-refractivity contribution >= 4 is 97.2 Å². The zero-order valence-corrected chi connectivity index (χ0v) is 38.4. The summed E-state index contributed by atoms with van der Waals surface area (Å²) in [6.07, 6.45) is 0. The predicted molar refractivity (Wildman–Crippen MR) is 293 cm³/mol. The number of fused-ring (bicyclic) bond motifs is 12. The first-order valence-corrected chi connectivity index (χ1v) is 24.5. The maximum Gasteiger partial charge on any atom is 0.136 e. The third-order valence-electron chi connectivity index (χ3n) is 14.2. The molecule has 10 aromatic carbocycles. The molecule has 0 radical (unpaired) electrons. The Hall–Kier alpha value is -9.03. The van der Waals surface area contributed by atoms with Gasteiger partial charge in [0.2, 0.25) is 0 Å². The van der Waals surface area contributed by atoms with Crippen molar-refractivity contribution in [1.82, 2.24) is 9.55 Å². The summed E-state index contributed by atoms with van der Waals surface area (Å²) in [5.41, 5.74) is 17.7. The smallest absolute Gasteiger partial charge is 0.136 e. The molecule has 0 atom stereocenters. The van der Waals surface area contributed by atoms with Crippen LogP contribution >= 0.6 is 11.3 Å². The van der Waals surface area contributed by atoms with Crippen molar-refractivity contribution in [3.05, 3.63) is 231 Å². The summed E-state index contributed by atoms with van der Waals surface area (Å²) in [7, 11) is 0. The van der Waals surface area contributed by atoms with Crippen molar-refractivity contribution in [2.45, 2.75) is 0 Å². The Labute approximate surface area is 405 Å². The Balaban J connectivity index is 0.847. The predicted octanol–water partition coefficient (Wildman–Crippen LogP) is 18.7. The second-order valence-electron chi connectivity index (χ2n) is 18.2. The van der Waals surface area contributed by atoms with Gasteiger partial charge in [-0.15, -0.1) is 11.3 Å². The molecule has 5 heteroatoms. The van der Waals surface area contributed by atoms with Crippen molar-refractivity contribution in [3.8, 4) is 61.6 Å². The highest BCUT2D eigenvalue weighted by Gasteiger charge is 2.20. The van der Waals surface area contributed by atoms with Crippen LogP contribution in [0.4, 0.5) is 0 Å². The van der Waals surface area contributed by atoms with E-state index < -0.39 is 0 Å². The highest BCUT2D eigenvalue weighted by atomic mass is 32.1. The first-order valence-electron chi connectivity index (χ1n) is 23.7. The van der Waals surface area contributed by atoms with Crippen LogP contribution in [0.2, 0.25) is 0 Å². The van der Waals surface area contributed by atoms with Gasteiger partial charge in [-0.3, -0.25) is 0 Å². The lowest BCUT2D eigenvalue weighted by Crippen LogP contribution is -1.92. The van der Waals surface area contributed by atoms with E-state index in [2.05, 4.69) is 223 Å². The fraction of sp³-hybridized carbons (Fsp3) is 0. The van der Waals surface area contributed by atoms with E-state index in [0.29, 0.717) is 0 Å². The number of furan rings is 2. The molecule has 15 aromatic rings. The fourth-order valence-electron chi connectivity index (χ4n) is 10.9. The Bertz CT molecular complexity index is 4590. The Morgan fingerprint density at radius 1 is 0.329 bits per heavy atom. The van der Waals surface area contributed by atoms with Crippen LogP contribution in [-0.2, 0) is 0 Å². The molecule has 0 unspecified atom stereocenters. The SMILES string of the molecule is c1ccc(-c2cc(-c3ccc4c(c3)oc3ccccc34)nc(-c3cccc4oc5ccc(-c6ccc7sc8c(-c9ccc%10c(c9)c9ccccc9n%10-c9ccccc9)cccc8c7c6)cc5c34)c2)cc1. The van der Waals surface area contributed by atoms with Crippen LogP contribution in [0, 0.1) is 0 Å².